The minimum Gasteiger partial charge on any atom is -0.353 e. The van der Waals surface area contributed by atoms with Gasteiger partial charge in [0.1, 0.15) is 0 Å². The first-order chi connectivity index (χ1) is 9.58. The molecular formula is C17H26N2O. The van der Waals surface area contributed by atoms with Gasteiger partial charge in [-0.1, -0.05) is 38.1 Å². The Morgan fingerprint density at radius 1 is 1.20 bits per heavy atom. The lowest BCUT2D eigenvalue weighted by molar-refractivity contribution is -0.124. The van der Waals surface area contributed by atoms with Gasteiger partial charge in [0.2, 0.25) is 5.91 Å². The molecule has 0 radical (unpaired) electrons. The Kier molecular flexibility index (Phi) is 5.18. The highest BCUT2D eigenvalue weighted by molar-refractivity contribution is 5.79. The molecule has 110 valence electrons. The van der Waals surface area contributed by atoms with Crippen LogP contribution in [0.4, 0.5) is 0 Å². The summed E-state index contributed by atoms with van der Waals surface area (Å²) in [6, 6.07) is 9.00. The van der Waals surface area contributed by atoms with Gasteiger partial charge in [-0.2, -0.15) is 0 Å². The highest BCUT2D eigenvalue weighted by Gasteiger charge is 2.26. The number of hydrogen-bond donors (Lipinski definition) is 2. The molecule has 2 rings (SSSR count). The minimum atomic E-state index is -0.105. The molecule has 1 fully saturated rings. The molecule has 3 N–H and O–H groups in total. The molecule has 3 nitrogen and oxygen atoms in total. The summed E-state index contributed by atoms with van der Waals surface area (Å²) >= 11 is 0. The van der Waals surface area contributed by atoms with Crippen LogP contribution in [-0.4, -0.2) is 18.5 Å². The van der Waals surface area contributed by atoms with E-state index in [-0.39, 0.29) is 11.8 Å². The Morgan fingerprint density at radius 2 is 1.75 bits per heavy atom. The highest BCUT2D eigenvalue weighted by Crippen LogP contribution is 2.20. The molecule has 1 aliphatic rings. The summed E-state index contributed by atoms with van der Waals surface area (Å²) in [6.07, 6.45) is 4.07. The Hall–Kier alpha value is -1.35. The third-order valence-corrected chi connectivity index (χ3v) is 3.73. The minimum absolute atomic E-state index is 0.105. The lowest BCUT2D eigenvalue weighted by Gasteiger charge is -2.15. The maximum atomic E-state index is 12.1. The molecular weight excluding hydrogens is 248 g/mol. The molecule has 1 atom stereocenters. The van der Waals surface area contributed by atoms with Crippen molar-refractivity contribution < 1.29 is 4.79 Å². The second-order valence-electron chi connectivity index (χ2n) is 6.33. The molecule has 1 saturated carbocycles. The van der Waals surface area contributed by atoms with Crippen molar-refractivity contribution in [3.05, 3.63) is 35.4 Å². The van der Waals surface area contributed by atoms with Crippen molar-refractivity contribution in [1.82, 2.24) is 5.32 Å². The molecule has 0 spiro atoms. The van der Waals surface area contributed by atoms with Crippen molar-refractivity contribution >= 4 is 5.91 Å². The third kappa shape index (κ3) is 4.64. The van der Waals surface area contributed by atoms with E-state index in [1.54, 1.807) is 0 Å². The second kappa shape index (κ2) is 6.89. The van der Waals surface area contributed by atoms with Crippen LogP contribution in [0.25, 0.3) is 0 Å². The van der Waals surface area contributed by atoms with Crippen molar-refractivity contribution in [2.75, 3.05) is 6.54 Å². The van der Waals surface area contributed by atoms with Crippen molar-refractivity contribution in [2.24, 2.45) is 17.6 Å². The summed E-state index contributed by atoms with van der Waals surface area (Å²) in [7, 11) is 0. The Labute approximate surface area is 121 Å². The fraction of sp³-hybridized carbons (Fsp3) is 0.588. The van der Waals surface area contributed by atoms with E-state index >= 15 is 0 Å². The van der Waals surface area contributed by atoms with E-state index in [1.807, 2.05) is 0 Å². The molecule has 1 aromatic carbocycles. The van der Waals surface area contributed by atoms with Crippen molar-refractivity contribution in [1.29, 1.82) is 0 Å². The van der Waals surface area contributed by atoms with Crippen LogP contribution in [0.2, 0.25) is 0 Å². The first-order valence-electron chi connectivity index (χ1n) is 7.66. The van der Waals surface area contributed by atoms with Gasteiger partial charge in [-0.15, -0.1) is 0 Å². The number of benzene rings is 1. The SMILES string of the molecule is CC(C)Cc1ccc(CC(CN)C(=O)NC2CC2)cc1. The quantitative estimate of drug-likeness (QED) is 0.801. The lowest BCUT2D eigenvalue weighted by atomic mass is 9.96. The molecule has 1 aliphatic carbocycles. The van der Waals surface area contributed by atoms with Crippen molar-refractivity contribution in [3.8, 4) is 0 Å². The van der Waals surface area contributed by atoms with Gasteiger partial charge in [0.05, 0.1) is 5.92 Å². The predicted octanol–water partition coefficient (Wildman–Crippen LogP) is 2.28. The van der Waals surface area contributed by atoms with Crippen LogP contribution in [0.1, 0.15) is 37.8 Å². The smallest absolute Gasteiger partial charge is 0.224 e. The van der Waals surface area contributed by atoms with Gasteiger partial charge >= 0.3 is 0 Å². The van der Waals surface area contributed by atoms with Crippen LogP contribution in [0, 0.1) is 11.8 Å². The number of amides is 1. The zero-order valence-electron chi connectivity index (χ0n) is 12.6. The summed E-state index contributed by atoms with van der Waals surface area (Å²) < 4.78 is 0. The standard InChI is InChI=1S/C17H26N2O/c1-12(2)9-13-3-5-14(6-4-13)10-15(11-18)17(20)19-16-7-8-16/h3-6,12,15-16H,7-11,18H2,1-2H3,(H,19,20). The Bertz CT molecular complexity index is 435. The summed E-state index contributed by atoms with van der Waals surface area (Å²) in [5, 5.41) is 3.04. The molecule has 1 amide bonds. The van der Waals surface area contributed by atoms with E-state index in [4.69, 9.17) is 5.73 Å². The average molecular weight is 274 g/mol. The number of hydrogen-bond acceptors (Lipinski definition) is 2. The lowest BCUT2D eigenvalue weighted by Crippen LogP contribution is -2.37. The van der Waals surface area contributed by atoms with Crippen molar-refractivity contribution in [2.45, 2.75) is 45.6 Å². The molecule has 20 heavy (non-hydrogen) atoms. The van der Waals surface area contributed by atoms with E-state index in [0.29, 0.717) is 18.5 Å². The van der Waals surface area contributed by atoms with Crippen LogP contribution < -0.4 is 11.1 Å². The number of carbonyl (C=O) groups excluding carboxylic acids is 1. The third-order valence-electron chi connectivity index (χ3n) is 3.73. The van der Waals surface area contributed by atoms with Gasteiger partial charge in [-0.05, 0) is 42.7 Å². The number of rotatable bonds is 7. The zero-order valence-corrected chi connectivity index (χ0v) is 12.6. The van der Waals surface area contributed by atoms with E-state index in [2.05, 4.69) is 43.4 Å². The fourth-order valence-corrected chi connectivity index (χ4v) is 2.40. The van der Waals surface area contributed by atoms with E-state index in [0.717, 1.165) is 25.7 Å². The normalized spacial score (nSPS) is 16.2. The maximum Gasteiger partial charge on any atom is 0.224 e. The fourth-order valence-electron chi connectivity index (χ4n) is 2.40. The predicted molar refractivity (Wildman–Crippen MR) is 82.4 cm³/mol. The molecule has 1 unspecified atom stereocenters. The summed E-state index contributed by atoms with van der Waals surface area (Å²) in [6.45, 7) is 4.85. The van der Waals surface area contributed by atoms with Gasteiger partial charge < -0.3 is 11.1 Å². The summed E-state index contributed by atoms with van der Waals surface area (Å²) in [4.78, 5) is 12.1. The van der Waals surface area contributed by atoms with Crippen molar-refractivity contribution in [3.63, 3.8) is 0 Å². The number of nitrogens with one attached hydrogen (secondary N) is 1. The molecule has 0 aliphatic heterocycles. The van der Waals surface area contributed by atoms with E-state index in [1.165, 1.54) is 11.1 Å². The molecule has 0 bridgehead atoms. The molecule has 0 aromatic heterocycles. The number of nitrogens with two attached hydrogens (primary N) is 1. The molecule has 0 heterocycles. The van der Waals surface area contributed by atoms with Crippen LogP contribution in [0.15, 0.2) is 24.3 Å². The summed E-state index contributed by atoms with van der Waals surface area (Å²) in [5.41, 5.74) is 8.30. The zero-order chi connectivity index (χ0) is 14.5. The second-order valence-corrected chi connectivity index (χ2v) is 6.33. The first-order valence-corrected chi connectivity index (χ1v) is 7.66. The molecule has 3 heteroatoms. The van der Waals surface area contributed by atoms with Gasteiger partial charge in [-0.25, -0.2) is 0 Å². The van der Waals surface area contributed by atoms with Crippen LogP contribution in [0.3, 0.4) is 0 Å². The van der Waals surface area contributed by atoms with Gasteiger partial charge in [0.15, 0.2) is 0 Å². The van der Waals surface area contributed by atoms with Gasteiger partial charge in [-0.3, -0.25) is 4.79 Å². The molecule has 0 saturated heterocycles. The maximum absolute atomic E-state index is 12.1. The van der Waals surface area contributed by atoms with E-state index in [9.17, 15) is 4.79 Å². The monoisotopic (exact) mass is 274 g/mol. The summed E-state index contributed by atoms with van der Waals surface area (Å²) in [5.74, 6) is 0.676. The first kappa shape index (κ1) is 15.0. The Balaban J connectivity index is 1.90. The Morgan fingerprint density at radius 3 is 2.20 bits per heavy atom. The van der Waals surface area contributed by atoms with Gasteiger partial charge in [0.25, 0.3) is 0 Å². The van der Waals surface area contributed by atoms with Gasteiger partial charge in [0, 0.05) is 12.6 Å². The largest absolute Gasteiger partial charge is 0.353 e. The van der Waals surface area contributed by atoms with Crippen LogP contribution in [0.5, 0.6) is 0 Å². The topological polar surface area (TPSA) is 55.1 Å². The number of carbonyl (C=O) groups is 1. The average Bonchev–Trinajstić information content (AvgIpc) is 3.21. The van der Waals surface area contributed by atoms with E-state index < -0.39 is 0 Å². The van der Waals surface area contributed by atoms with Crippen LogP contribution >= 0.6 is 0 Å². The highest BCUT2D eigenvalue weighted by atomic mass is 16.2. The van der Waals surface area contributed by atoms with Crippen LogP contribution in [-0.2, 0) is 17.6 Å². The molecule has 1 aromatic rings.